The van der Waals surface area contributed by atoms with Crippen molar-refractivity contribution in [2.45, 2.75) is 88.5 Å². The van der Waals surface area contributed by atoms with Crippen LogP contribution in [0.3, 0.4) is 0 Å². The second-order valence-electron chi connectivity index (χ2n) is 9.93. The fraction of sp³-hybridized carbons (Fsp3) is 0.696. The number of rotatable bonds is 5. The van der Waals surface area contributed by atoms with Crippen molar-refractivity contribution in [1.29, 1.82) is 0 Å². The molecule has 35 heavy (non-hydrogen) atoms. The largest absolute Gasteiger partial charge is 0.741 e. The molecule has 1 unspecified atom stereocenters. The maximum Gasteiger partial charge on any atom is 0.485 e. The van der Waals surface area contributed by atoms with E-state index in [4.69, 9.17) is 17.7 Å². The number of halogens is 3. The summed E-state index contributed by atoms with van der Waals surface area (Å²) in [6, 6.07) is 11.3. The number of carbonyl (C=O) groups is 1. The number of nitrogens with one attached hydrogen (secondary N) is 1. The van der Waals surface area contributed by atoms with Crippen molar-refractivity contribution in [2.24, 2.45) is 0 Å². The first-order chi connectivity index (χ1) is 16.0. The molecular formula is C23H35F3N2O5S2. The number of nitrogens with zero attached hydrogens (tertiary/aromatic N) is 1. The van der Waals surface area contributed by atoms with Gasteiger partial charge >= 0.3 is 5.51 Å². The summed E-state index contributed by atoms with van der Waals surface area (Å²) in [5.74, 6) is 0. The van der Waals surface area contributed by atoms with E-state index in [1.54, 1.807) is 16.7 Å². The minimum atomic E-state index is -6.09. The van der Waals surface area contributed by atoms with Gasteiger partial charge in [0.25, 0.3) is 5.24 Å². The van der Waals surface area contributed by atoms with Gasteiger partial charge in [0.1, 0.15) is 18.3 Å². The lowest BCUT2D eigenvalue weighted by Crippen LogP contribution is -3.13. The molecule has 12 heteroatoms. The molecule has 3 rings (SSSR count). The Morgan fingerprint density at radius 3 is 2.29 bits per heavy atom. The Kier molecular flexibility index (Phi) is 9.71. The van der Waals surface area contributed by atoms with Crippen molar-refractivity contribution in [1.82, 2.24) is 4.90 Å². The molecule has 2 aliphatic rings. The van der Waals surface area contributed by atoms with E-state index in [9.17, 15) is 18.0 Å². The van der Waals surface area contributed by atoms with E-state index >= 15 is 0 Å². The molecule has 0 bridgehead atoms. The summed E-state index contributed by atoms with van der Waals surface area (Å²) in [4.78, 5) is 16.9. The molecule has 7 nitrogen and oxygen atoms in total. The lowest BCUT2D eigenvalue weighted by molar-refractivity contribution is -0.925. The number of hydrogen-bond donors (Lipinski definition) is 1. The van der Waals surface area contributed by atoms with Crippen LogP contribution < -0.4 is 4.90 Å². The summed E-state index contributed by atoms with van der Waals surface area (Å²) < 4.78 is 64.8. The van der Waals surface area contributed by atoms with Crippen LogP contribution in [0.4, 0.5) is 18.0 Å². The van der Waals surface area contributed by atoms with Gasteiger partial charge in [-0.1, -0.05) is 49.0 Å². The minimum Gasteiger partial charge on any atom is -0.741 e. The van der Waals surface area contributed by atoms with Crippen molar-refractivity contribution >= 4 is 27.1 Å². The topological polar surface area (TPSA) is 91.2 Å². The Hall–Kier alpha value is -1.34. The molecule has 2 saturated heterocycles. The Morgan fingerprint density at radius 1 is 1.26 bits per heavy atom. The molecule has 1 N–H and O–H groups in total. The molecule has 1 aromatic rings. The fourth-order valence-corrected chi connectivity index (χ4v) is 6.27. The Bertz CT molecular complexity index is 940. The fourth-order valence-electron chi connectivity index (χ4n) is 4.78. The molecule has 1 aromatic carbocycles. The molecule has 2 heterocycles. The summed E-state index contributed by atoms with van der Waals surface area (Å²) in [6.07, 6.45) is 3.49. The Morgan fingerprint density at radius 2 is 1.83 bits per heavy atom. The summed E-state index contributed by atoms with van der Waals surface area (Å²) in [6.45, 7) is 13.3. The highest BCUT2D eigenvalue weighted by molar-refractivity contribution is 8.14. The number of benzene rings is 1. The van der Waals surface area contributed by atoms with E-state index in [0.717, 1.165) is 13.0 Å². The quantitative estimate of drug-likeness (QED) is 0.452. The van der Waals surface area contributed by atoms with Gasteiger partial charge in [0.2, 0.25) is 0 Å². The zero-order valence-electron chi connectivity index (χ0n) is 20.7. The zero-order valence-corrected chi connectivity index (χ0v) is 22.4. The number of thioether (sulfide) groups is 1. The average Bonchev–Trinajstić information content (AvgIpc) is 3.26. The van der Waals surface area contributed by atoms with E-state index in [1.807, 2.05) is 18.7 Å². The summed E-state index contributed by atoms with van der Waals surface area (Å²) >= 11 is 1.54. The highest BCUT2D eigenvalue weighted by Crippen LogP contribution is 2.38. The maximum absolute atomic E-state index is 13.3. The first kappa shape index (κ1) is 29.9. The van der Waals surface area contributed by atoms with Crippen molar-refractivity contribution in [3.63, 3.8) is 0 Å². The summed E-state index contributed by atoms with van der Waals surface area (Å²) in [5.41, 5.74) is -5.04. The number of ether oxygens (including phenoxy) is 1. The van der Waals surface area contributed by atoms with Crippen LogP contribution in [0.15, 0.2) is 30.3 Å². The second-order valence-corrected chi connectivity index (χ2v) is 12.5. The SMILES string of the molecule is CC[C@H](SC(=O)N1C(C)(C)COC1(C)C)[C@@H]1CCC[NH+]1Cc1ccccc1.O=S(=O)([O-])C(F)(F)F. The molecule has 200 valence electrons. The predicted molar refractivity (Wildman–Crippen MR) is 128 cm³/mol. The van der Waals surface area contributed by atoms with Gasteiger partial charge in [0.15, 0.2) is 10.1 Å². The standard InChI is InChI=1S/C22H34N2O2S.CHF3O3S/c1-6-19(27-20(25)24-21(2,3)16-26-22(24,4)5)18-13-10-14-23(18)15-17-11-8-7-9-12-17;2-1(3,4)8(5,6)7/h7-9,11-12,18-19H,6,10,13-16H2,1-5H3;(H,5,6,7)/t18-,19-;/m0./s1. The lowest BCUT2D eigenvalue weighted by Gasteiger charge is -2.38. The molecule has 2 aliphatic heterocycles. The highest BCUT2D eigenvalue weighted by atomic mass is 32.2. The molecule has 1 amide bonds. The van der Waals surface area contributed by atoms with Crippen LogP contribution >= 0.6 is 11.8 Å². The van der Waals surface area contributed by atoms with Crippen LogP contribution in [0.25, 0.3) is 0 Å². The van der Waals surface area contributed by atoms with Crippen LogP contribution in [0, 0.1) is 0 Å². The molecule has 0 radical (unpaired) electrons. The van der Waals surface area contributed by atoms with Crippen LogP contribution in [-0.2, 0) is 21.4 Å². The lowest BCUT2D eigenvalue weighted by atomic mass is 10.1. The van der Waals surface area contributed by atoms with Gasteiger partial charge < -0.3 is 14.2 Å². The van der Waals surface area contributed by atoms with Crippen LogP contribution in [0.5, 0.6) is 0 Å². The van der Waals surface area contributed by atoms with Gasteiger partial charge in [-0.3, -0.25) is 9.69 Å². The number of quaternary nitrogens is 1. The number of amides is 1. The van der Waals surface area contributed by atoms with Crippen LogP contribution in [0.1, 0.15) is 59.4 Å². The van der Waals surface area contributed by atoms with Crippen molar-refractivity contribution in [3.8, 4) is 0 Å². The molecule has 0 aliphatic carbocycles. The highest BCUT2D eigenvalue weighted by Gasteiger charge is 2.50. The van der Waals surface area contributed by atoms with Gasteiger partial charge in [-0.15, -0.1) is 0 Å². The van der Waals surface area contributed by atoms with Crippen molar-refractivity contribution in [2.75, 3.05) is 13.2 Å². The smallest absolute Gasteiger partial charge is 0.485 e. The van der Waals surface area contributed by atoms with Gasteiger partial charge in [-0.2, -0.15) is 13.2 Å². The van der Waals surface area contributed by atoms with Crippen LogP contribution in [0.2, 0.25) is 0 Å². The van der Waals surface area contributed by atoms with E-state index in [2.05, 4.69) is 51.1 Å². The first-order valence-corrected chi connectivity index (χ1v) is 13.8. The third-order valence-electron chi connectivity index (χ3n) is 6.30. The van der Waals surface area contributed by atoms with Gasteiger partial charge in [0.05, 0.1) is 23.9 Å². The van der Waals surface area contributed by atoms with Crippen LogP contribution in [-0.4, -0.2) is 64.3 Å². The van der Waals surface area contributed by atoms with E-state index < -0.39 is 21.4 Å². The van der Waals surface area contributed by atoms with E-state index in [0.29, 0.717) is 17.9 Å². The first-order valence-electron chi connectivity index (χ1n) is 11.5. The molecule has 3 atom stereocenters. The zero-order chi connectivity index (χ0) is 26.7. The van der Waals surface area contributed by atoms with Crippen molar-refractivity contribution < 1.29 is 40.6 Å². The van der Waals surface area contributed by atoms with E-state index in [-0.39, 0.29) is 10.8 Å². The molecule has 2 fully saturated rings. The third kappa shape index (κ3) is 7.82. The van der Waals surface area contributed by atoms with Crippen molar-refractivity contribution in [3.05, 3.63) is 35.9 Å². The molecule has 0 aromatic heterocycles. The number of likely N-dealkylation sites (tertiary alicyclic amines) is 1. The normalized spacial score (nSPS) is 24.5. The maximum atomic E-state index is 13.3. The number of alkyl halides is 3. The third-order valence-corrected chi connectivity index (χ3v) is 8.22. The average molecular weight is 541 g/mol. The predicted octanol–water partition coefficient (Wildman–Crippen LogP) is 3.76. The Balaban J connectivity index is 0.000000466. The monoisotopic (exact) mass is 540 g/mol. The minimum absolute atomic E-state index is 0.167. The number of hydrogen-bond acceptors (Lipinski definition) is 6. The summed E-state index contributed by atoms with van der Waals surface area (Å²) in [7, 11) is -6.09. The molecular weight excluding hydrogens is 505 g/mol. The molecule has 0 spiro atoms. The van der Waals surface area contributed by atoms with Gasteiger partial charge in [-0.25, -0.2) is 8.42 Å². The second kappa shape index (κ2) is 11.4. The summed E-state index contributed by atoms with van der Waals surface area (Å²) in [5, 5.41) is 0.520. The Labute approximate surface area is 210 Å². The van der Waals surface area contributed by atoms with E-state index in [1.165, 1.54) is 24.9 Å². The molecule has 0 saturated carbocycles. The number of carbonyl (C=O) groups excluding carboxylic acids is 1. The van der Waals surface area contributed by atoms with Gasteiger partial charge in [-0.05, 0) is 34.1 Å². The van der Waals surface area contributed by atoms with Gasteiger partial charge in [0, 0.05) is 18.4 Å².